The van der Waals surface area contributed by atoms with Crippen LogP contribution in [0.15, 0.2) is 70.9 Å². The molecule has 0 saturated heterocycles. The molecule has 3 rings (SSSR count). The Labute approximate surface area is 225 Å². The number of azo groups is 1. The van der Waals surface area contributed by atoms with E-state index in [4.69, 9.17) is 4.84 Å². The van der Waals surface area contributed by atoms with Gasteiger partial charge in [0.2, 0.25) is 0 Å². The lowest BCUT2D eigenvalue weighted by Gasteiger charge is -2.27. The number of rotatable bonds is 5. The Hall–Kier alpha value is -3.27. The first-order chi connectivity index (χ1) is 16.8. The number of aromatic hydroxyl groups is 1. The Morgan fingerprint density at radius 3 is 1.97 bits per heavy atom. The first-order valence-electron chi connectivity index (χ1n) is 11.4. The largest absolute Gasteiger partial charge is 0.507 e. The topological polar surface area (TPSA) is 100 Å². The summed E-state index contributed by atoms with van der Waals surface area (Å²) in [4.78, 5) is 30.3. The highest BCUT2D eigenvalue weighted by atomic mass is 127. The zero-order valence-corrected chi connectivity index (χ0v) is 23.4. The smallest absolute Gasteiger partial charge is 0.363 e. The van der Waals surface area contributed by atoms with Gasteiger partial charge in [-0.3, -0.25) is 4.79 Å². The molecule has 1 amide bonds. The number of hydrogen-bond acceptors (Lipinski definition) is 6. The molecular weight excluding hydrogens is 569 g/mol. The molecule has 0 atom stereocenters. The van der Waals surface area contributed by atoms with E-state index >= 15 is 0 Å². The first-order valence-corrected chi connectivity index (χ1v) is 12.5. The Bertz CT molecular complexity index is 1270. The van der Waals surface area contributed by atoms with E-state index < -0.39 is 11.9 Å². The van der Waals surface area contributed by atoms with Gasteiger partial charge in [0.15, 0.2) is 0 Å². The summed E-state index contributed by atoms with van der Waals surface area (Å²) >= 11 is 2.07. The van der Waals surface area contributed by atoms with Gasteiger partial charge in [-0.05, 0) is 82.0 Å². The van der Waals surface area contributed by atoms with Gasteiger partial charge in [-0.25, -0.2) is 10.3 Å². The van der Waals surface area contributed by atoms with Crippen molar-refractivity contribution in [1.29, 1.82) is 0 Å². The summed E-state index contributed by atoms with van der Waals surface area (Å²) in [5, 5.41) is 18.8. The second-order valence-corrected chi connectivity index (χ2v) is 11.6. The Morgan fingerprint density at radius 2 is 1.44 bits per heavy atom. The molecule has 0 heterocycles. The third-order valence-electron chi connectivity index (χ3n) is 5.45. The van der Waals surface area contributed by atoms with Gasteiger partial charge in [0.25, 0.3) is 5.91 Å². The fraction of sp³-hybridized carbons (Fsp3) is 0.286. The van der Waals surface area contributed by atoms with E-state index in [1.807, 2.05) is 53.7 Å². The first kappa shape index (κ1) is 27.3. The van der Waals surface area contributed by atoms with E-state index in [2.05, 4.69) is 38.3 Å². The molecule has 7 nitrogen and oxygen atoms in total. The number of carbonyl (C=O) groups excluding carboxylic acids is 2. The van der Waals surface area contributed by atoms with Crippen LogP contribution in [-0.2, 0) is 15.7 Å². The molecule has 3 aromatic carbocycles. The normalized spacial score (nSPS) is 12.0. The molecule has 3 aromatic rings. The number of amides is 1. The van der Waals surface area contributed by atoms with Gasteiger partial charge >= 0.3 is 5.97 Å². The van der Waals surface area contributed by atoms with Crippen LogP contribution in [0.2, 0.25) is 0 Å². The molecule has 0 aliphatic carbocycles. The van der Waals surface area contributed by atoms with Crippen LogP contribution in [0.3, 0.4) is 0 Å². The molecular formula is C28H30IN3O4. The molecule has 0 spiro atoms. The summed E-state index contributed by atoms with van der Waals surface area (Å²) in [6, 6.07) is 17.1. The summed E-state index contributed by atoms with van der Waals surface area (Å²) in [6.45, 7) is 11.9. The maximum Gasteiger partial charge on any atom is 0.363 e. The van der Waals surface area contributed by atoms with Gasteiger partial charge < -0.3 is 9.94 Å². The molecule has 0 fully saturated rings. The lowest BCUT2D eigenvalue weighted by Crippen LogP contribution is -2.18. The molecule has 36 heavy (non-hydrogen) atoms. The summed E-state index contributed by atoms with van der Waals surface area (Å²) in [5.74, 6) is -0.790. The predicted octanol–water partition coefficient (Wildman–Crippen LogP) is 7.70. The number of carbonyl (C=O) groups is 2. The summed E-state index contributed by atoms with van der Waals surface area (Å²) in [6.07, 6.45) is 0. The lowest BCUT2D eigenvalue weighted by atomic mass is 9.78. The fourth-order valence-corrected chi connectivity index (χ4v) is 4.05. The SMILES string of the molecule is CC(C)(C)c1cc(C(=O)N=Nc2ccc(NOC(=O)c3ccccc3I)cc2)cc(C(C)(C)C)c1O. The van der Waals surface area contributed by atoms with Crippen molar-refractivity contribution in [3.05, 3.63) is 86.5 Å². The lowest BCUT2D eigenvalue weighted by molar-refractivity contribution is 0.0595. The summed E-state index contributed by atoms with van der Waals surface area (Å²) in [5.41, 5.74) is 5.11. The molecule has 0 radical (unpaired) electrons. The van der Waals surface area contributed by atoms with Crippen molar-refractivity contribution < 1.29 is 19.5 Å². The van der Waals surface area contributed by atoms with E-state index in [0.29, 0.717) is 33.6 Å². The third kappa shape index (κ3) is 6.69. The highest BCUT2D eigenvalue weighted by molar-refractivity contribution is 14.1. The zero-order chi connectivity index (χ0) is 26.7. The predicted molar refractivity (Wildman–Crippen MR) is 149 cm³/mol. The molecule has 0 aromatic heterocycles. The highest BCUT2D eigenvalue weighted by Crippen LogP contribution is 2.40. The van der Waals surface area contributed by atoms with Crippen LogP contribution in [0.25, 0.3) is 0 Å². The molecule has 0 aliphatic rings. The van der Waals surface area contributed by atoms with Crippen LogP contribution < -0.4 is 5.48 Å². The van der Waals surface area contributed by atoms with Gasteiger partial charge in [0.05, 0.1) is 16.9 Å². The number of phenolic OH excluding ortho intramolecular Hbond substituents is 1. The fourth-order valence-electron chi connectivity index (χ4n) is 3.45. The van der Waals surface area contributed by atoms with Gasteiger partial charge in [-0.15, -0.1) is 10.2 Å². The standard InChI is InChI=1S/C28H30IN3O4/c1-27(2,3)21-15-17(16-22(24(21)33)28(4,5)6)25(34)31-30-18-11-13-19(14-12-18)32-36-26(35)20-9-7-8-10-23(20)29/h7-16,32-33H,1-6H3. The third-order valence-corrected chi connectivity index (χ3v) is 6.39. The second kappa shape index (κ2) is 10.8. The molecule has 0 unspecified atom stereocenters. The van der Waals surface area contributed by atoms with E-state index in [1.54, 1.807) is 48.5 Å². The van der Waals surface area contributed by atoms with Crippen LogP contribution in [-0.4, -0.2) is 17.0 Å². The Kier molecular flexibility index (Phi) is 8.18. The molecule has 8 heteroatoms. The van der Waals surface area contributed by atoms with Crippen molar-refractivity contribution in [2.75, 3.05) is 5.48 Å². The zero-order valence-electron chi connectivity index (χ0n) is 21.2. The number of phenols is 1. The minimum absolute atomic E-state index is 0.203. The van der Waals surface area contributed by atoms with Crippen LogP contribution in [0.4, 0.5) is 11.4 Å². The summed E-state index contributed by atoms with van der Waals surface area (Å²) < 4.78 is 0.792. The van der Waals surface area contributed by atoms with Crippen molar-refractivity contribution in [3.63, 3.8) is 0 Å². The van der Waals surface area contributed by atoms with Crippen molar-refractivity contribution in [2.24, 2.45) is 10.2 Å². The van der Waals surface area contributed by atoms with Gasteiger partial charge in [-0.2, -0.15) is 0 Å². The average Bonchev–Trinajstić information content (AvgIpc) is 2.80. The highest BCUT2D eigenvalue weighted by Gasteiger charge is 2.27. The van der Waals surface area contributed by atoms with E-state index in [9.17, 15) is 14.7 Å². The van der Waals surface area contributed by atoms with Crippen LogP contribution in [0.1, 0.15) is 73.4 Å². The van der Waals surface area contributed by atoms with Gasteiger partial charge in [-0.1, -0.05) is 53.7 Å². The number of hydrogen-bond donors (Lipinski definition) is 2. The monoisotopic (exact) mass is 599 g/mol. The maximum absolute atomic E-state index is 12.9. The summed E-state index contributed by atoms with van der Waals surface area (Å²) in [7, 11) is 0. The molecule has 0 saturated carbocycles. The average molecular weight is 599 g/mol. The Balaban J connectivity index is 1.73. The maximum atomic E-state index is 12.9. The number of nitrogens with one attached hydrogen (secondary N) is 1. The molecule has 0 bridgehead atoms. The Morgan fingerprint density at radius 1 is 0.889 bits per heavy atom. The molecule has 188 valence electrons. The van der Waals surface area contributed by atoms with E-state index in [1.165, 1.54) is 0 Å². The second-order valence-electron chi connectivity index (χ2n) is 10.4. The molecule has 0 aliphatic heterocycles. The minimum atomic E-state index is -0.500. The number of halogens is 1. The van der Waals surface area contributed by atoms with Crippen molar-refractivity contribution >= 4 is 45.8 Å². The molecule has 2 N–H and O–H groups in total. The van der Waals surface area contributed by atoms with E-state index in [0.717, 1.165) is 3.57 Å². The van der Waals surface area contributed by atoms with Gasteiger partial charge in [0.1, 0.15) is 5.75 Å². The van der Waals surface area contributed by atoms with Crippen molar-refractivity contribution in [3.8, 4) is 5.75 Å². The number of nitrogens with zero attached hydrogens (tertiary/aromatic N) is 2. The van der Waals surface area contributed by atoms with Crippen LogP contribution in [0.5, 0.6) is 5.75 Å². The van der Waals surface area contributed by atoms with Crippen molar-refractivity contribution in [1.82, 2.24) is 0 Å². The minimum Gasteiger partial charge on any atom is -0.507 e. The van der Waals surface area contributed by atoms with E-state index in [-0.39, 0.29) is 16.6 Å². The van der Waals surface area contributed by atoms with Crippen molar-refractivity contribution in [2.45, 2.75) is 52.4 Å². The van der Waals surface area contributed by atoms with Crippen LogP contribution >= 0.6 is 22.6 Å². The van der Waals surface area contributed by atoms with Gasteiger partial charge in [0, 0.05) is 20.3 Å². The van der Waals surface area contributed by atoms with Crippen LogP contribution in [0, 0.1) is 3.57 Å². The number of anilines is 1. The number of benzene rings is 3. The quantitative estimate of drug-likeness (QED) is 0.178.